The first-order valence-corrected chi connectivity index (χ1v) is 8.25. The molecule has 0 saturated carbocycles. The highest BCUT2D eigenvalue weighted by Gasteiger charge is 2.28. The average molecular weight is 380 g/mol. The van der Waals surface area contributed by atoms with Crippen molar-refractivity contribution in [2.45, 2.75) is 16.4 Å². The van der Waals surface area contributed by atoms with Gasteiger partial charge in [0.05, 0.1) is 0 Å². The van der Waals surface area contributed by atoms with E-state index in [-0.39, 0.29) is 16.7 Å². The zero-order valence-corrected chi connectivity index (χ0v) is 14.2. The van der Waals surface area contributed by atoms with Crippen LogP contribution in [0.3, 0.4) is 0 Å². The van der Waals surface area contributed by atoms with E-state index in [1.165, 1.54) is 36.4 Å². The molecular weight excluding hydrogens is 365 g/mol. The molecule has 0 radical (unpaired) electrons. The van der Waals surface area contributed by atoms with Gasteiger partial charge in [0, 0.05) is 11.0 Å². The summed E-state index contributed by atoms with van der Waals surface area (Å²) in [5.41, 5.74) is 2.07. The normalized spacial score (nSPS) is 12.7. The Labute approximate surface area is 152 Å². The first-order chi connectivity index (χ1) is 12.2. The first kappa shape index (κ1) is 19.6. The topological polar surface area (TPSA) is 72.2 Å². The van der Waals surface area contributed by atoms with Crippen molar-refractivity contribution in [3.8, 4) is 0 Å². The maximum Gasteiger partial charge on any atom is 0.446 e. The van der Waals surface area contributed by atoms with Gasteiger partial charge in [0.1, 0.15) is 6.04 Å². The van der Waals surface area contributed by atoms with Gasteiger partial charge in [-0.3, -0.25) is 9.59 Å². The fourth-order valence-corrected chi connectivity index (χ4v) is 2.65. The summed E-state index contributed by atoms with van der Waals surface area (Å²) in [4.78, 5) is 23.6. The van der Waals surface area contributed by atoms with E-state index >= 15 is 0 Å². The molecule has 0 aliphatic carbocycles. The quantitative estimate of drug-likeness (QED) is 0.594. The predicted octanol–water partition coefficient (Wildman–Crippen LogP) is 3.65. The highest BCUT2D eigenvalue weighted by Crippen LogP contribution is 2.36. The van der Waals surface area contributed by atoms with Gasteiger partial charge in [0.2, 0.25) is 11.8 Å². The van der Waals surface area contributed by atoms with Gasteiger partial charge in [-0.25, -0.2) is 0 Å². The zero-order valence-electron chi connectivity index (χ0n) is 13.4. The van der Waals surface area contributed by atoms with E-state index in [1.54, 1.807) is 30.3 Å². The summed E-state index contributed by atoms with van der Waals surface area (Å²) in [6.45, 7) is 0. The van der Waals surface area contributed by atoms with Crippen LogP contribution in [0.25, 0.3) is 6.08 Å². The highest BCUT2D eigenvalue weighted by molar-refractivity contribution is 8.00. The molecule has 2 rings (SSSR count). The minimum atomic E-state index is -4.35. The SMILES string of the molecule is NC(=O)C(NC(=O)/C=C/c1ccc(SC(F)(F)F)cc1)c1ccccc1. The van der Waals surface area contributed by atoms with E-state index in [1.807, 2.05) is 0 Å². The van der Waals surface area contributed by atoms with Crippen molar-refractivity contribution < 1.29 is 22.8 Å². The highest BCUT2D eigenvalue weighted by atomic mass is 32.2. The summed E-state index contributed by atoms with van der Waals surface area (Å²) in [7, 11) is 0. The Balaban J connectivity index is 2.01. The Bertz CT molecular complexity index is 790. The number of nitrogens with one attached hydrogen (secondary N) is 1. The van der Waals surface area contributed by atoms with Crippen LogP contribution in [0.5, 0.6) is 0 Å². The van der Waals surface area contributed by atoms with Crippen LogP contribution in [0.4, 0.5) is 13.2 Å². The molecule has 4 nitrogen and oxygen atoms in total. The number of thioether (sulfide) groups is 1. The summed E-state index contributed by atoms with van der Waals surface area (Å²) in [6, 6.07) is 13.1. The molecule has 136 valence electrons. The number of carbonyl (C=O) groups is 2. The molecule has 1 unspecified atom stereocenters. The van der Waals surface area contributed by atoms with Crippen LogP contribution in [0.1, 0.15) is 17.2 Å². The Morgan fingerprint density at radius 3 is 2.19 bits per heavy atom. The summed E-state index contributed by atoms with van der Waals surface area (Å²) in [5.74, 6) is -1.25. The van der Waals surface area contributed by atoms with Gasteiger partial charge >= 0.3 is 5.51 Å². The van der Waals surface area contributed by atoms with Crippen molar-refractivity contribution in [1.82, 2.24) is 5.32 Å². The molecule has 0 aliphatic heterocycles. The number of halogens is 3. The minimum absolute atomic E-state index is 0.0528. The first-order valence-electron chi connectivity index (χ1n) is 7.43. The predicted molar refractivity (Wildman–Crippen MR) is 93.9 cm³/mol. The van der Waals surface area contributed by atoms with Crippen LogP contribution in [0.15, 0.2) is 65.6 Å². The van der Waals surface area contributed by atoms with Gasteiger partial charge in [-0.1, -0.05) is 42.5 Å². The molecule has 2 aromatic rings. The van der Waals surface area contributed by atoms with E-state index < -0.39 is 23.4 Å². The molecule has 2 amide bonds. The second-order valence-electron chi connectivity index (χ2n) is 5.20. The molecule has 1 atom stereocenters. The van der Waals surface area contributed by atoms with Gasteiger partial charge in [-0.05, 0) is 41.1 Å². The van der Waals surface area contributed by atoms with Gasteiger partial charge in [0.15, 0.2) is 0 Å². The van der Waals surface area contributed by atoms with Crippen molar-refractivity contribution in [2.75, 3.05) is 0 Å². The van der Waals surface area contributed by atoms with Crippen molar-refractivity contribution in [3.05, 3.63) is 71.8 Å². The lowest BCUT2D eigenvalue weighted by Crippen LogP contribution is -2.36. The maximum absolute atomic E-state index is 12.3. The van der Waals surface area contributed by atoms with Crippen molar-refractivity contribution >= 4 is 29.7 Å². The minimum Gasteiger partial charge on any atom is -0.368 e. The summed E-state index contributed by atoms with van der Waals surface area (Å²) in [6.07, 6.45) is 2.62. The molecule has 3 N–H and O–H groups in total. The van der Waals surface area contributed by atoms with Crippen LogP contribution in [0.2, 0.25) is 0 Å². The summed E-state index contributed by atoms with van der Waals surface area (Å²) in [5, 5.41) is 2.49. The average Bonchev–Trinajstić information content (AvgIpc) is 2.58. The van der Waals surface area contributed by atoms with Gasteiger partial charge < -0.3 is 11.1 Å². The Morgan fingerprint density at radius 2 is 1.65 bits per heavy atom. The standard InChI is InChI=1S/C18H15F3N2O2S/c19-18(20,21)26-14-9-6-12(7-10-14)8-11-15(24)23-16(17(22)25)13-4-2-1-3-5-13/h1-11,16H,(H2,22,25)(H,23,24)/b11-8+. The summed E-state index contributed by atoms with van der Waals surface area (Å²) < 4.78 is 36.8. The molecule has 0 saturated heterocycles. The fourth-order valence-electron chi connectivity index (χ4n) is 2.11. The van der Waals surface area contributed by atoms with E-state index in [4.69, 9.17) is 5.73 Å². The molecule has 0 heterocycles. The number of hydrogen-bond acceptors (Lipinski definition) is 3. The third kappa shape index (κ3) is 6.29. The number of rotatable bonds is 6. The van der Waals surface area contributed by atoms with Crippen LogP contribution < -0.4 is 11.1 Å². The molecular formula is C18H15F3N2O2S. The molecule has 0 spiro atoms. The molecule has 8 heteroatoms. The number of amides is 2. The van der Waals surface area contributed by atoms with Crippen LogP contribution >= 0.6 is 11.8 Å². The Morgan fingerprint density at radius 1 is 1.04 bits per heavy atom. The Kier molecular flexibility index (Phi) is 6.46. The molecule has 26 heavy (non-hydrogen) atoms. The number of benzene rings is 2. The van der Waals surface area contributed by atoms with E-state index in [2.05, 4.69) is 5.32 Å². The Hall–Kier alpha value is -2.74. The second kappa shape index (κ2) is 8.57. The van der Waals surface area contributed by atoms with Crippen molar-refractivity contribution in [2.24, 2.45) is 5.73 Å². The van der Waals surface area contributed by atoms with Crippen molar-refractivity contribution in [3.63, 3.8) is 0 Å². The second-order valence-corrected chi connectivity index (χ2v) is 6.34. The zero-order chi connectivity index (χ0) is 19.2. The van der Waals surface area contributed by atoms with Crippen LogP contribution in [-0.4, -0.2) is 17.3 Å². The van der Waals surface area contributed by atoms with Crippen molar-refractivity contribution in [1.29, 1.82) is 0 Å². The lowest BCUT2D eigenvalue weighted by Gasteiger charge is -2.14. The van der Waals surface area contributed by atoms with Crippen LogP contribution in [0, 0.1) is 0 Å². The molecule has 0 aliphatic rings. The molecule has 0 fully saturated rings. The molecule has 2 aromatic carbocycles. The van der Waals surface area contributed by atoms with E-state index in [0.717, 1.165) is 0 Å². The maximum atomic E-state index is 12.3. The van der Waals surface area contributed by atoms with E-state index in [9.17, 15) is 22.8 Å². The van der Waals surface area contributed by atoms with Gasteiger partial charge in [-0.15, -0.1) is 0 Å². The number of carbonyl (C=O) groups excluding carboxylic acids is 2. The van der Waals surface area contributed by atoms with Crippen LogP contribution in [-0.2, 0) is 9.59 Å². The third-order valence-corrected chi connectivity index (χ3v) is 3.98. The lowest BCUT2D eigenvalue weighted by atomic mass is 10.1. The third-order valence-electron chi connectivity index (χ3n) is 3.24. The number of hydrogen-bond donors (Lipinski definition) is 2. The monoisotopic (exact) mass is 380 g/mol. The fraction of sp³-hybridized carbons (Fsp3) is 0.111. The largest absolute Gasteiger partial charge is 0.446 e. The molecule has 0 bridgehead atoms. The molecule has 0 aromatic heterocycles. The van der Waals surface area contributed by atoms with Gasteiger partial charge in [-0.2, -0.15) is 13.2 Å². The number of primary amides is 1. The van der Waals surface area contributed by atoms with Gasteiger partial charge in [0.25, 0.3) is 0 Å². The smallest absolute Gasteiger partial charge is 0.368 e. The lowest BCUT2D eigenvalue weighted by molar-refractivity contribution is -0.125. The number of nitrogens with two attached hydrogens (primary N) is 1. The summed E-state index contributed by atoms with van der Waals surface area (Å²) >= 11 is -0.212. The van der Waals surface area contributed by atoms with E-state index in [0.29, 0.717) is 11.1 Å². The number of alkyl halides is 3.